The van der Waals surface area contributed by atoms with E-state index in [1.54, 1.807) is 0 Å². The molecule has 96 valence electrons. The second-order valence-corrected chi connectivity index (χ2v) is 4.61. The summed E-state index contributed by atoms with van der Waals surface area (Å²) in [7, 11) is 0. The predicted octanol–water partition coefficient (Wildman–Crippen LogP) is 2.12. The quantitative estimate of drug-likeness (QED) is 0.771. The van der Waals surface area contributed by atoms with Gasteiger partial charge in [-0.15, -0.1) is 0 Å². The van der Waals surface area contributed by atoms with Gasteiger partial charge in [0.25, 0.3) is 0 Å². The fourth-order valence-corrected chi connectivity index (χ4v) is 1.50. The van der Waals surface area contributed by atoms with Crippen LogP contribution < -0.4 is 11.1 Å². The van der Waals surface area contributed by atoms with Crippen LogP contribution in [-0.2, 0) is 4.74 Å². The number of hydrogen-bond donors (Lipinski definition) is 2. The van der Waals surface area contributed by atoms with Gasteiger partial charge in [-0.1, -0.05) is 25.2 Å². The van der Waals surface area contributed by atoms with Crippen LogP contribution in [-0.4, -0.2) is 24.8 Å². The summed E-state index contributed by atoms with van der Waals surface area (Å²) in [5.41, 5.74) is 6.38. The average Bonchev–Trinajstić information content (AvgIpc) is 2.37. The molecular formula is C13H22N2O2. The topological polar surface area (TPSA) is 64.3 Å². The van der Waals surface area contributed by atoms with Crippen molar-refractivity contribution in [1.82, 2.24) is 5.32 Å². The molecule has 4 nitrogen and oxygen atoms in total. The largest absolute Gasteiger partial charge is 0.445 e. The number of ether oxygens (including phenoxy) is 1. The fraction of sp³-hybridized carbons (Fsp3) is 0.615. The number of allylic oxidation sites excluding steroid dienone is 3. The third kappa shape index (κ3) is 4.61. The molecule has 0 saturated carbocycles. The Labute approximate surface area is 103 Å². The standard InChI is InChI=1S/C13H22N2O2/c1-3-13(2,10-14)15-12(16)17-9-11-7-5-4-6-8-11/h4-5,7H,3,6,8-10,14H2,1-2H3,(H,15,16). The summed E-state index contributed by atoms with van der Waals surface area (Å²) in [4.78, 5) is 11.6. The van der Waals surface area contributed by atoms with Gasteiger partial charge in [-0.3, -0.25) is 0 Å². The van der Waals surface area contributed by atoms with Crippen molar-refractivity contribution in [1.29, 1.82) is 0 Å². The summed E-state index contributed by atoms with van der Waals surface area (Å²) in [6.45, 7) is 4.67. The van der Waals surface area contributed by atoms with Crippen molar-refractivity contribution in [3.8, 4) is 0 Å². The zero-order chi connectivity index (χ0) is 12.7. The summed E-state index contributed by atoms with van der Waals surface area (Å²) in [5, 5.41) is 2.80. The van der Waals surface area contributed by atoms with Gasteiger partial charge in [0.1, 0.15) is 6.61 Å². The highest BCUT2D eigenvalue weighted by Gasteiger charge is 2.23. The first kappa shape index (κ1) is 13.8. The number of amides is 1. The molecule has 0 fully saturated rings. The maximum absolute atomic E-state index is 11.6. The van der Waals surface area contributed by atoms with Gasteiger partial charge in [0, 0.05) is 6.54 Å². The number of rotatable bonds is 5. The molecule has 0 aromatic carbocycles. The van der Waals surface area contributed by atoms with Crippen LogP contribution in [0.3, 0.4) is 0 Å². The lowest BCUT2D eigenvalue weighted by Crippen LogP contribution is -2.51. The second kappa shape index (κ2) is 6.45. The Balaban J connectivity index is 2.34. The van der Waals surface area contributed by atoms with E-state index in [-0.39, 0.29) is 5.54 Å². The van der Waals surface area contributed by atoms with Gasteiger partial charge in [0.15, 0.2) is 0 Å². The lowest BCUT2D eigenvalue weighted by molar-refractivity contribution is 0.142. The van der Waals surface area contributed by atoms with Gasteiger partial charge in [-0.05, 0) is 31.8 Å². The summed E-state index contributed by atoms with van der Waals surface area (Å²) in [6.07, 6.45) is 8.47. The zero-order valence-corrected chi connectivity index (χ0v) is 10.7. The van der Waals surface area contributed by atoms with Crippen molar-refractivity contribution < 1.29 is 9.53 Å². The minimum absolute atomic E-state index is 0.362. The van der Waals surface area contributed by atoms with Crippen LogP contribution in [0.4, 0.5) is 4.79 Å². The molecule has 0 heterocycles. The maximum atomic E-state index is 11.6. The van der Waals surface area contributed by atoms with E-state index in [1.807, 2.05) is 26.0 Å². The van der Waals surface area contributed by atoms with Crippen LogP contribution in [0.15, 0.2) is 23.8 Å². The van der Waals surface area contributed by atoms with Crippen LogP contribution in [0.5, 0.6) is 0 Å². The normalized spacial score (nSPS) is 18.2. The SMILES string of the molecule is CCC(C)(CN)NC(=O)OCC1=CC=CCC1. The van der Waals surface area contributed by atoms with Gasteiger partial charge in [-0.2, -0.15) is 0 Å². The highest BCUT2D eigenvalue weighted by atomic mass is 16.5. The van der Waals surface area contributed by atoms with E-state index in [0.717, 1.165) is 24.8 Å². The van der Waals surface area contributed by atoms with Gasteiger partial charge in [-0.25, -0.2) is 4.79 Å². The fourth-order valence-electron chi connectivity index (χ4n) is 1.50. The van der Waals surface area contributed by atoms with Crippen LogP contribution >= 0.6 is 0 Å². The van der Waals surface area contributed by atoms with Crippen molar-refractivity contribution in [3.05, 3.63) is 23.8 Å². The Hall–Kier alpha value is -1.29. The zero-order valence-electron chi connectivity index (χ0n) is 10.7. The smallest absolute Gasteiger partial charge is 0.407 e. The van der Waals surface area contributed by atoms with E-state index in [0.29, 0.717) is 13.2 Å². The van der Waals surface area contributed by atoms with Gasteiger partial charge in [0.2, 0.25) is 0 Å². The number of carbonyl (C=O) groups is 1. The van der Waals surface area contributed by atoms with Crippen LogP contribution in [0.1, 0.15) is 33.1 Å². The number of nitrogens with one attached hydrogen (secondary N) is 1. The van der Waals surface area contributed by atoms with E-state index >= 15 is 0 Å². The summed E-state index contributed by atoms with van der Waals surface area (Å²) in [6, 6.07) is 0. The molecular weight excluding hydrogens is 216 g/mol. The highest BCUT2D eigenvalue weighted by Crippen LogP contribution is 2.12. The molecule has 1 aliphatic rings. The predicted molar refractivity (Wildman–Crippen MR) is 68.7 cm³/mol. The maximum Gasteiger partial charge on any atom is 0.407 e. The number of carbonyl (C=O) groups excluding carboxylic acids is 1. The second-order valence-electron chi connectivity index (χ2n) is 4.61. The Morgan fingerprint density at radius 1 is 1.65 bits per heavy atom. The molecule has 0 spiro atoms. The molecule has 0 aromatic rings. The van der Waals surface area contributed by atoms with Crippen molar-refractivity contribution in [2.75, 3.05) is 13.2 Å². The van der Waals surface area contributed by atoms with Crippen molar-refractivity contribution in [2.45, 2.75) is 38.6 Å². The van der Waals surface area contributed by atoms with Gasteiger partial charge >= 0.3 is 6.09 Å². The van der Waals surface area contributed by atoms with Gasteiger partial charge in [0.05, 0.1) is 5.54 Å². The minimum Gasteiger partial charge on any atom is -0.445 e. The molecule has 3 N–H and O–H groups in total. The molecule has 1 amide bonds. The lowest BCUT2D eigenvalue weighted by Gasteiger charge is -2.27. The molecule has 0 aromatic heterocycles. The number of alkyl carbamates (subject to hydrolysis) is 1. The molecule has 1 atom stereocenters. The van der Waals surface area contributed by atoms with Crippen molar-refractivity contribution in [2.24, 2.45) is 5.73 Å². The van der Waals surface area contributed by atoms with E-state index in [2.05, 4.69) is 11.4 Å². The molecule has 17 heavy (non-hydrogen) atoms. The first-order valence-corrected chi connectivity index (χ1v) is 6.09. The Morgan fingerprint density at radius 3 is 2.94 bits per heavy atom. The van der Waals surface area contributed by atoms with Crippen LogP contribution in [0, 0.1) is 0 Å². The van der Waals surface area contributed by atoms with Crippen LogP contribution in [0.25, 0.3) is 0 Å². The Morgan fingerprint density at radius 2 is 2.41 bits per heavy atom. The molecule has 0 bridgehead atoms. The van der Waals surface area contributed by atoms with Gasteiger partial charge < -0.3 is 15.8 Å². The Kier molecular flexibility index (Phi) is 5.22. The molecule has 1 unspecified atom stereocenters. The Bertz CT molecular complexity index is 317. The summed E-state index contributed by atoms with van der Waals surface area (Å²) < 4.78 is 5.17. The number of nitrogens with two attached hydrogens (primary N) is 1. The third-order valence-corrected chi connectivity index (χ3v) is 3.12. The first-order valence-electron chi connectivity index (χ1n) is 6.09. The van der Waals surface area contributed by atoms with E-state index < -0.39 is 6.09 Å². The monoisotopic (exact) mass is 238 g/mol. The van der Waals surface area contributed by atoms with Crippen molar-refractivity contribution >= 4 is 6.09 Å². The molecule has 0 saturated heterocycles. The van der Waals surface area contributed by atoms with E-state index in [9.17, 15) is 4.79 Å². The molecule has 0 aliphatic heterocycles. The van der Waals surface area contributed by atoms with Crippen molar-refractivity contribution in [3.63, 3.8) is 0 Å². The molecule has 1 rings (SSSR count). The summed E-state index contributed by atoms with van der Waals surface area (Å²) >= 11 is 0. The number of hydrogen-bond acceptors (Lipinski definition) is 3. The molecule has 0 radical (unpaired) electrons. The first-order chi connectivity index (χ1) is 8.09. The molecule has 4 heteroatoms. The molecule has 1 aliphatic carbocycles. The third-order valence-electron chi connectivity index (χ3n) is 3.12. The highest BCUT2D eigenvalue weighted by molar-refractivity contribution is 5.68. The van der Waals surface area contributed by atoms with Crippen LogP contribution in [0.2, 0.25) is 0 Å². The minimum atomic E-state index is -0.393. The lowest BCUT2D eigenvalue weighted by atomic mass is 10.00. The summed E-state index contributed by atoms with van der Waals surface area (Å²) in [5.74, 6) is 0. The average molecular weight is 238 g/mol. The van der Waals surface area contributed by atoms with E-state index in [4.69, 9.17) is 10.5 Å². The van der Waals surface area contributed by atoms with E-state index in [1.165, 1.54) is 0 Å².